The Morgan fingerprint density at radius 1 is 1.24 bits per heavy atom. The number of nitrogens with one attached hydrogen (secondary N) is 1. The minimum Gasteiger partial charge on any atom is -0.349 e. The molecule has 0 unspecified atom stereocenters. The van der Waals surface area contributed by atoms with Crippen LogP contribution in [0, 0.1) is 12.8 Å². The van der Waals surface area contributed by atoms with E-state index in [0.29, 0.717) is 11.6 Å². The molecule has 3 rings (SSSR count). The van der Waals surface area contributed by atoms with Crippen LogP contribution in [0.2, 0.25) is 5.02 Å². The Labute approximate surface area is 152 Å². The first-order chi connectivity index (χ1) is 11.9. The fourth-order valence-corrected chi connectivity index (χ4v) is 3.25. The number of halogens is 1. The van der Waals surface area contributed by atoms with Gasteiger partial charge in [-0.05, 0) is 43.7 Å². The molecule has 1 saturated heterocycles. The van der Waals surface area contributed by atoms with Gasteiger partial charge in [-0.2, -0.15) is 0 Å². The summed E-state index contributed by atoms with van der Waals surface area (Å²) in [6.45, 7) is 4.33. The van der Waals surface area contributed by atoms with E-state index in [-0.39, 0.29) is 30.2 Å². The average Bonchev–Trinajstić information content (AvgIpc) is 2.97. The summed E-state index contributed by atoms with van der Waals surface area (Å²) in [4.78, 5) is 26.6. The maximum absolute atomic E-state index is 12.6. The summed E-state index contributed by atoms with van der Waals surface area (Å²) < 4.78 is 0. The molecule has 130 valence electrons. The molecule has 1 N–H and O–H groups in total. The standard InChI is InChI=1S/C20H21ClN2O2/c1-13-6-8-18(9-7-13)23-12-16(11-19(23)24)20(25)22-14(2)15-4-3-5-17(21)10-15/h3-10,14,16H,11-12H2,1-2H3,(H,22,25)/t14-,16+/m0/s1. The van der Waals surface area contributed by atoms with Gasteiger partial charge in [-0.1, -0.05) is 41.4 Å². The molecule has 1 heterocycles. The van der Waals surface area contributed by atoms with Crippen LogP contribution in [-0.2, 0) is 9.59 Å². The van der Waals surface area contributed by atoms with Crippen molar-refractivity contribution < 1.29 is 9.59 Å². The van der Waals surface area contributed by atoms with Crippen LogP contribution in [0.15, 0.2) is 48.5 Å². The van der Waals surface area contributed by atoms with Crippen LogP contribution in [0.25, 0.3) is 0 Å². The molecule has 25 heavy (non-hydrogen) atoms. The third-order valence-corrected chi connectivity index (χ3v) is 4.78. The lowest BCUT2D eigenvalue weighted by Crippen LogP contribution is -2.34. The van der Waals surface area contributed by atoms with Gasteiger partial charge in [0.1, 0.15) is 0 Å². The zero-order valence-electron chi connectivity index (χ0n) is 14.3. The number of benzene rings is 2. The summed E-state index contributed by atoms with van der Waals surface area (Å²) in [6.07, 6.45) is 0.238. The smallest absolute Gasteiger partial charge is 0.227 e. The van der Waals surface area contributed by atoms with Gasteiger partial charge >= 0.3 is 0 Å². The van der Waals surface area contributed by atoms with Gasteiger partial charge in [-0.25, -0.2) is 0 Å². The highest BCUT2D eigenvalue weighted by atomic mass is 35.5. The summed E-state index contributed by atoms with van der Waals surface area (Å²) in [5.74, 6) is -0.453. The summed E-state index contributed by atoms with van der Waals surface area (Å²) >= 11 is 6.01. The average molecular weight is 357 g/mol. The van der Waals surface area contributed by atoms with Crippen molar-refractivity contribution in [3.05, 3.63) is 64.7 Å². The Bertz CT molecular complexity index is 789. The Hall–Kier alpha value is -2.33. The van der Waals surface area contributed by atoms with Crippen molar-refractivity contribution in [2.24, 2.45) is 5.92 Å². The maximum Gasteiger partial charge on any atom is 0.227 e. The zero-order chi connectivity index (χ0) is 18.0. The molecule has 0 saturated carbocycles. The Morgan fingerprint density at radius 3 is 2.64 bits per heavy atom. The Morgan fingerprint density at radius 2 is 1.96 bits per heavy atom. The number of carbonyl (C=O) groups is 2. The Kier molecular flexibility index (Phi) is 5.09. The highest BCUT2D eigenvalue weighted by Crippen LogP contribution is 2.26. The lowest BCUT2D eigenvalue weighted by molar-refractivity contribution is -0.126. The fourth-order valence-electron chi connectivity index (χ4n) is 3.05. The molecule has 0 bridgehead atoms. The molecule has 0 aromatic heterocycles. The fraction of sp³-hybridized carbons (Fsp3) is 0.300. The number of anilines is 1. The topological polar surface area (TPSA) is 49.4 Å². The van der Waals surface area contributed by atoms with Crippen LogP contribution >= 0.6 is 11.6 Å². The molecule has 2 aromatic rings. The van der Waals surface area contributed by atoms with Crippen molar-refractivity contribution in [3.63, 3.8) is 0 Å². The second-order valence-electron chi connectivity index (χ2n) is 6.53. The van der Waals surface area contributed by atoms with E-state index in [1.807, 2.05) is 56.3 Å². The van der Waals surface area contributed by atoms with E-state index in [4.69, 9.17) is 11.6 Å². The van der Waals surface area contributed by atoms with Gasteiger partial charge in [-0.15, -0.1) is 0 Å². The molecule has 1 aliphatic heterocycles. The number of hydrogen-bond donors (Lipinski definition) is 1. The van der Waals surface area contributed by atoms with Crippen LogP contribution in [0.5, 0.6) is 0 Å². The molecule has 2 aromatic carbocycles. The molecule has 2 amide bonds. The van der Waals surface area contributed by atoms with Crippen molar-refractivity contribution >= 4 is 29.1 Å². The monoisotopic (exact) mass is 356 g/mol. The number of carbonyl (C=O) groups excluding carboxylic acids is 2. The van der Waals surface area contributed by atoms with Crippen molar-refractivity contribution in [3.8, 4) is 0 Å². The molecule has 1 fully saturated rings. The van der Waals surface area contributed by atoms with E-state index in [1.54, 1.807) is 11.0 Å². The van der Waals surface area contributed by atoms with Crippen molar-refractivity contribution in [1.29, 1.82) is 0 Å². The first-order valence-electron chi connectivity index (χ1n) is 8.37. The van der Waals surface area contributed by atoms with E-state index in [9.17, 15) is 9.59 Å². The van der Waals surface area contributed by atoms with E-state index in [1.165, 1.54) is 0 Å². The first kappa shape index (κ1) is 17.5. The van der Waals surface area contributed by atoms with Crippen molar-refractivity contribution in [2.45, 2.75) is 26.3 Å². The third kappa shape index (κ3) is 4.02. The third-order valence-electron chi connectivity index (χ3n) is 4.55. The van der Waals surface area contributed by atoms with Gasteiger partial charge in [0, 0.05) is 23.7 Å². The normalized spacial score (nSPS) is 18.3. The van der Waals surface area contributed by atoms with E-state index in [2.05, 4.69) is 5.32 Å². The molecule has 0 radical (unpaired) electrons. The van der Waals surface area contributed by atoms with Crippen LogP contribution in [0.1, 0.15) is 30.5 Å². The van der Waals surface area contributed by atoms with Crippen LogP contribution in [-0.4, -0.2) is 18.4 Å². The molecule has 1 aliphatic rings. The predicted molar refractivity (Wildman–Crippen MR) is 99.6 cm³/mol. The van der Waals surface area contributed by atoms with Gasteiger partial charge in [-0.3, -0.25) is 9.59 Å². The molecular formula is C20H21ClN2O2. The quantitative estimate of drug-likeness (QED) is 0.903. The van der Waals surface area contributed by atoms with Gasteiger partial charge in [0.15, 0.2) is 0 Å². The molecular weight excluding hydrogens is 336 g/mol. The highest BCUT2D eigenvalue weighted by Gasteiger charge is 2.35. The summed E-state index contributed by atoms with van der Waals surface area (Å²) in [6, 6.07) is 15.0. The van der Waals surface area contributed by atoms with Gasteiger partial charge < -0.3 is 10.2 Å². The Balaban J connectivity index is 1.65. The SMILES string of the molecule is Cc1ccc(N2C[C@H](C(=O)N[C@@H](C)c3cccc(Cl)c3)CC2=O)cc1. The second-order valence-corrected chi connectivity index (χ2v) is 6.96. The van der Waals surface area contributed by atoms with E-state index in [0.717, 1.165) is 16.8 Å². The second kappa shape index (κ2) is 7.28. The van der Waals surface area contributed by atoms with Gasteiger partial charge in [0.25, 0.3) is 0 Å². The van der Waals surface area contributed by atoms with Gasteiger partial charge in [0.2, 0.25) is 11.8 Å². The zero-order valence-corrected chi connectivity index (χ0v) is 15.1. The highest BCUT2D eigenvalue weighted by molar-refractivity contribution is 6.30. The number of hydrogen-bond acceptors (Lipinski definition) is 2. The van der Waals surface area contributed by atoms with Crippen LogP contribution in [0.4, 0.5) is 5.69 Å². The maximum atomic E-state index is 12.6. The number of amides is 2. The molecule has 0 aliphatic carbocycles. The summed E-state index contributed by atoms with van der Waals surface area (Å²) in [5.41, 5.74) is 2.93. The molecule has 5 heteroatoms. The minimum absolute atomic E-state index is 0.0144. The van der Waals surface area contributed by atoms with E-state index < -0.39 is 0 Å². The van der Waals surface area contributed by atoms with Crippen molar-refractivity contribution in [1.82, 2.24) is 5.32 Å². The molecule has 0 spiro atoms. The lowest BCUT2D eigenvalue weighted by Gasteiger charge is -2.19. The van der Waals surface area contributed by atoms with Crippen LogP contribution in [0.3, 0.4) is 0 Å². The largest absolute Gasteiger partial charge is 0.349 e. The van der Waals surface area contributed by atoms with Crippen molar-refractivity contribution in [2.75, 3.05) is 11.4 Å². The number of nitrogens with zero attached hydrogens (tertiary/aromatic N) is 1. The number of aryl methyl sites for hydroxylation is 1. The summed E-state index contributed by atoms with van der Waals surface area (Å²) in [7, 11) is 0. The minimum atomic E-state index is -0.338. The number of rotatable bonds is 4. The molecule has 2 atom stereocenters. The molecule has 4 nitrogen and oxygen atoms in total. The first-order valence-corrected chi connectivity index (χ1v) is 8.74. The predicted octanol–water partition coefficient (Wildman–Crippen LogP) is 3.88. The summed E-state index contributed by atoms with van der Waals surface area (Å²) in [5, 5.41) is 3.63. The van der Waals surface area contributed by atoms with E-state index >= 15 is 0 Å². The lowest BCUT2D eigenvalue weighted by atomic mass is 10.1. The van der Waals surface area contributed by atoms with Crippen LogP contribution < -0.4 is 10.2 Å². The van der Waals surface area contributed by atoms with Gasteiger partial charge in [0.05, 0.1) is 12.0 Å².